The molecule has 19 heavy (non-hydrogen) atoms. The van der Waals surface area contributed by atoms with Gasteiger partial charge >= 0.3 is 0 Å². The van der Waals surface area contributed by atoms with Gasteiger partial charge in [-0.05, 0) is 19.1 Å². The van der Waals surface area contributed by atoms with Crippen LogP contribution in [-0.4, -0.2) is 15.1 Å². The van der Waals surface area contributed by atoms with Gasteiger partial charge in [-0.2, -0.15) is 0 Å². The Kier molecular flexibility index (Phi) is 3.14. The predicted molar refractivity (Wildman–Crippen MR) is 77.6 cm³/mol. The Bertz CT molecular complexity index is 792. The maximum absolute atomic E-state index is 11.5. The number of hydrogen-bond acceptors (Lipinski definition) is 6. The van der Waals surface area contributed by atoms with Crippen LogP contribution in [0.15, 0.2) is 35.3 Å². The van der Waals surface area contributed by atoms with Crippen molar-refractivity contribution in [3.63, 3.8) is 0 Å². The normalized spacial score (nSPS) is 12.7. The number of para-hydroxylation sites is 2. The van der Waals surface area contributed by atoms with Crippen LogP contribution < -0.4 is 4.06 Å². The first-order valence-corrected chi connectivity index (χ1v) is 7.32. The molecule has 1 aromatic carbocycles. The molecule has 1 unspecified atom stereocenters. The third-order valence-corrected chi connectivity index (χ3v) is 5.02. The third kappa shape index (κ3) is 2.30. The second-order valence-corrected chi connectivity index (χ2v) is 6.32. The van der Waals surface area contributed by atoms with Crippen molar-refractivity contribution in [1.82, 2.24) is 9.97 Å². The van der Waals surface area contributed by atoms with Gasteiger partial charge in [-0.25, -0.2) is 4.98 Å². The number of hydrogen-bond donors (Lipinski definition) is 1. The average molecular weight is 290 g/mol. The number of fused-ring (bicyclic) bond motifs is 1. The third-order valence-electron chi connectivity index (χ3n) is 2.66. The molecule has 1 N–H and O–H groups in total. The molecule has 3 aromatic rings. The standard InChI is InChI=1S/C13H10N2O2S2/c1-7(16)11-12(19-13(17)18-11)10-6-14-8-4-2-3-5-9(8)15-10/h2-7,16H,1H3. The van der Waals surface area contributed by atoms with Crippen LogP contribution in [0.4, 0.5) is 0 Å². The van der Waals surface area contributed by atoms with Gasteiger partial charge in [0.15, 0.2) is 0 Å². The van der Waals surface area contributed by atoms with Gasteiger partial charge in [-0.3, -0.25) is 9.78 Å². The Hall–Kier alpha value is -1.63. The summed E-state index contributed by atoms with van der Waals surface area (Å²) < 4.78 is -0.0409. The first kappa shape index (κ1) is 12.4. The summed E-state index contributed by atoms with van der Waals surface area (Å²) >= 11 is 2.17. The minimum atomic E-state index is -0.674. The van der Waals surface area contributed by atoms with Crippen LogP contribution in [0.2, 0.25) is 0 Å². The van der Waals surface area contributed by atoms with Crippen molar-refractivity contribution in [3.05, 3.63) is 44.2 Å². The summed E-state index contributed by atoms with van der Waals surface area (Å²) in [6.07, 6.45) is 0.971. The molecule has 0 aliphatic rings. The first-order valence-electron chi connectivity index (χ1n) is 5.69. The molecule has 0 fully saturated rings. The summed E-state index contributed by atoms with van der Waals surface area (Å²) in [5, 5.41) is 9.72. The minimum absolute atomic E-state index is 0.0409. The van der Waals surface area contributed by atoms with Gasteiger partial charge < -0.3 is 5.11 Å². The Morgan fingerprint density at radius 3 is 2.68 bits per heavy atom. The van der Waals surface area contributed by atoms with Crippen LogP contribution in [0.1, 0.15) is 17.9 Å². The number of rotatable bonds is 2. The topological polar surface area (TPSA) is 63.1 Å². The molecule has 96 valence electrons. The SMILES string of the molecule is CC(O)c1sc(=O)sc1-c1cnc2ccccc2n1. The Labute approximate surface area is 117 Å². The van der Waals surface area contributed by atoms with Crippen molar-refractivity contribution in [2.45, 2.75) is 13.0 Å². The second-order valence-electron chi connectivity index (χ2n) is 4.07. The summed E-state index contributed by atoms with van der Waals surface area (Å²) in [5.74, 6) is 0. The molecule has 2 aromatic heterocycles. The first-order chi connectivity index (χ1) is 9.15. The van der Waals surface area contributed by atoms with Gasteiger partial charge in [0.25, 0.3) is 4.06 Å². The highest BCUT2D eigenvalue weighted by molar-refractivity contribution is 7.29. The minimum Gasteiger partial charge on any atom is -0.388 e. The van der Waals surface area contributed by atoms with E-state index in [2.05, 4.69) is 9.97 Å². The molecule has 4 nitrogen and oxygen atoms in total. The van der Waals surface area contributed by atoms with E-state index in [-0.39, 0.29) is 4.06 Å². The number of benzene rings is 1. The van der Waals surface area contributed by atoms with Crippen LogP contribution >= 0.6 is 22.7 Å². The molecule has 0 radical (unpaired) electrons. The molecule has 0 saturated heterocycles. The van der Waals surface area contributed by atoms with Crippen molar-refractivity contribution in [3.8, 4) is 10.6 Å². The summed E-state index contributed by atoms with van der Waals surface area (Å²) in [7, 11) is 0. The van der Waals surface area contributed by atoms with Gasteiger partial charge in [0.05, 0.1) is 33.1 Å². The summed E-state index contributed by atoms with van der Waals surface area (Å²) in [4.78, 5) is 21.7. The number of nitrogens with zero attached hydrogens (tertiary/aromatic N) is 2. The summed E-state index contributed by atoms with van der Waals surface area (Å²) in [5.41, 5.74) is 2.23. The molecular weight excluding hydrogens is 280 g/mol. The van der Waals surface area contributed by atoms with Crippen molar-refractivity contribution in [2.75, 3.05) is 0 Å². The Balaban J connectivity index is 2.21. The fraction of sp³-hybridized carbons (Fsp3) is 0.154. The van der Waals surface area contributed by atoms with Gasteiger partial charge in [0.2, 0.25) is 0 Å². The van der Waals surface area contributed by atoms with Crippen LogP contribution in [0, 0.1) is 0 Å². The van der Waals surface area contributed by atoms with E-state index >= 15 is 0 Å². The highest BCUT2D eigenvalue weighted by atomic mass is 32.2. The fourth-order valence-corrected chi connectivity index (χ4v) is 3.93. The molecule has 0 saturated carbocycles. The Morgan fingerprint density at radius 1 is 1.21 bits per heavy atom. The smallest absolute Gasteiger partial charge is 0.288 e. The van der Waals surface area contributed by atoms with E-state index in [9.17, 15) is 9.90 Å². The van der Waals surface area contributed by atoms with Crippen molar-refractivity contribution >= 4 is 33.7 Å². The maximum atomic E-state index is 11.5. The molecule has 0 amide bonds. The fourth-order valence-electron chi connectivity index (χ4n) is 1.81. The molecule has 1 atom stereocenters. The molecule has 2 heterocycles. The average Bonchev–Trinajstić information content (AvgIpc) is 2.80. The largest absolute Gasteiger partial charge is 0.388 e. The quantitative estimate of drug-likeness (QED) is 0.788. The van der Waals surface area contributed by atoms with Crippen molar-refractivity contribution < 1.29 is 5.11 Å². The molecule has 3 rings (SSSR count). The van der Waals surface area contributed by atoms with E-state index in [4.69, 9.17) is 0 Å². The Morgan fingerprint density at radius 2 is 1.95 bits per heavy atom. The highest BCUT2D eigenvalue weighted by Crippen LogP contribution is 2.32. The lowest BCUT2D eigenvalue weighted by Crippen LogP contribution is -1.92. The van der Waals surface area contributed by atoms with E-state index in [1.165, 1.54) is 0 Å². The maximum Gasteiger partial charge on any atom is 0.288 e. The zero-order chi connectivity index (χ0) is 13.4. The van der Waals surface area contributed by atoms with Crippen LogP contribution in [0.3, 0.4) is 0 Å². The monoisotopic (exact) mass is 290 g/mol. The number of aliphatic hydroxyl groups excluding tert-OH is 1. The lowest BCUT2D eigenvalue weighted by molar-refractivity contribution is 0.204. The molecule has 0 aliphatic carbocycles. The van der Waals surface area contributed by atoms with Gasteiger partial charge in [0.1, 0.15) is 5.69 Å². The molecule has 0 spiro atoms. The van der Waals surface area contributed by atoms with E-state index in [1.54, 1.807) is 13.1 Å². The van der Waals surface area contributed by atoms with E-state index in [1.807, 2.05) is 24.3 Å². The van der Waals surface area contributed by atoms with Crippen molar-refractivity contribution in [2.24, 2.45) is 0 Å². The highest BCUT2D eigenvalue weighted by Gasteiger charge is 2.16. The van der Waals surface area contributed by atoms with Gasteiger partial charge in [0, 0.05) is 0 Å². The van der Waals surface area contributed by atoms with E-state index in [0.29, 0.717) is 15.4 Å². The summed E-state index contributed by atoms with van der Waals surface area (Å²) in [6, 6.07) is 7.56. The summed E-state index contributed by atoms with van der Waals surface area (Å²) in [6.45, 7) is 1.65. The number of aliphatic hydroxyl groups is 1. The number of aromatic nitrogens is 2. The predicted octanol–water partition coefficient (Wildman–Crippen LogP) is 2.83. The molecule has 6 heteroatoms. The molecule has 0 bridgehead atoms. The van der Waals surface area contributed by atoms with Gasteiger partial charge in [-0.15, -0.1) is 0 Å². The molecule has 0 aliphatic heterocycles. The molecular formula is C13H10N2O2S2. The van der Waals surface area contributed by atoms with Crippen LogP contribution in [0.25, 0.3) is 21.6 Å². The zero-order valence-electron chi connectivity index (χ0n) is 10.0. The van der Waals surface area contributed by atoms with Crippen LogP contribution in [-0.2, 0) is 0 Å². The van der Waals surface area contributed by atoms with Crippen LogP contribution in [0.5, 0.6) is 0 Å². The zero-order valence-corrected chi connectivity index (χ0v) is 11.7. The van der Waals surface area contributed by atoms with E-state index in [0.717, 1.165) is 33.7 Å². The lowest BCUT2D eigenvalue weighted by atomic mass is 10.2. The lowest BCUT2D eigenvalue weighted by Gasteiger charge is -2.05. The second kappa shape index (κ2) is 4.80. The van der Waals surface area contributed by atoms with Gasteiger partial charge in [-0.1, -0.05) is 34.8 Å². The van der Waals surface area contributed by atoms with Crippen molar-refractivity contribution in [1.29, 1.82) is 0 Å². The van der Waals surface area contributed by atoms with E-state index < -0.39 is 6.10 Å².